The number of para-hydroxylation sites is 2. The van der Waals surface area contributed by atoms with Crippen molar-refractivity contribution >= 4 is 41.0 Å². The Labute approximate surface area is 195 Å². The highest BCUT2D eigenvalue weighted by molar-refractivity contribution is 14.0. The van der Waals surface area contributed by atoms with Crippen LogP contribution in [0.3, 0.4) is 0 Å². The molecule has 0 amide bonds. The minimum absolute atomic E-state index is 0. The van der Waals surface area contributed by atoms with E-state index in [9.17, 15) is 0 Å². The molecule has 4 rings (SSSR count). The molecule has 1 saturated heterocycles. The van der Waals surface area contributed by atoms with Crippen molar-refractivity contribution in [1.82, 2.24) is 29.3 Å². The summed E-state index contributed by atoms with van der Waals surface area (Å²) in [5.74, 6) is 1.66. The molecule has 162 valence electrons. The molecule has 0 spiro atoms. The van der Waals surface area contributed by atoms with E-state index in [0.717, 1.165) is 57.0 Å². The Morgan fingerprint density at radius 3 is 2.93 bits per heavy atom. The first kappa shape index (κ1) is 22.6. The molecule has 1 fully saturated rings. The summed E-state index contributed by atoms with van der Waals surface area (Å²) in [6.07, 6.45) is 9.96. The van der Waals surface area contributed by atoms with E-state index in [1.807, 2.05) is 24.9 Å². The molecule has 3 heterocycles. The third-order valence-electron chi connectivity index (χ3n) is 5.81. The number of benzene rings is 1. The number of aromatic nitrogens is 4. The molecule has 0 radical (unpaired) electrons. The lowest BCUT2D eigenvalue weighted by atomic mass is 9.93. The summed E-state index contributed by atoms with van der Waals surface area (Å²) >= 11 is 0. The zero-order valence-electron chi connectivity index (χ0n) is 17.8. The number of nitrogens with zero attached hydrogens (tertiary/aromatic N) is 6. The maximum atomic E-state index is 4.93. The third-order valence-corrected chi connectivity index (χ3v) is 5.81. The van der Waals surface area contributed by atoms with Crippen molar-refractivity contribution in [2.45, 2.75) is 39.3 Å². The largest absolute Gasteiger partial charge is 0.357 e. The molecule has 1 aromatic carbocycles. The normalized spacial score (nSPS) is 19.7. The lowest BCUT2D eigenvalue weighted by Gasteiger charge is -2.39. The van der Waals surface area contributed by atoms with Gasteiger partial charge in [0.2, 0.25) is 0 Å². The van der Waals surface area contributed by atoms with E-state index in [1.54, 1.807) is 0 Å². The van der Waals surface area contributed by atoms with E-state index in [0.29, 0.717) is 12.0 Å². The predicted molar refractivity (Wildman–Crippen MR) is 132 cm³/mol. The molecule has 2 atom stereocenters. The van der Waals surface area contributed by atoms with Gasteiger partial charge in [-0.05, 0) is 37.8 Å². The highest BCUT2D eigenvalue weighted by atomic mass is 127. The van der Waals surface area contributed by atoms with Crippen LogP contribution in [-0.4, -0.2) is 56.1 Å². The fourth-order valence-corrected chi connectivity index (χ4v) is 4.14. The Kier molecular flexibility index (Phi) is 8.12. The van der Waals surface area contributed by atoms with Crippen molar-refractivity contribution in [3.8, 4) is 0 Å². The van der Waals surface area contributed by atoms with Crippen molar-refractivity contribution in [1.29, 1.82) is 0 Å². The number of aliphatic imine (C=N–C) groups is 1. The molecule has 1 aliphatic rings. The van der Waals surface area contributed by atoms with Gasteiger partial charge in [0.15, 0.2) is 5.96 Å². The first-order valence-electron chi connectivity index (χ1n) is 10.7. The number of rotatable bonds is 6. The second-order valence-electron chi connectivity index (χ2n) is 7.81. The van der Waals surface area contributed by atoms with Crippen LogP contribution in [0.4, 0.5) is 0 Å². The number of nitrogens with one attached hydrogen (secondary N) is 1. The fraction of sp³-hybridized carbons (Fsp3) is 0.500. The van der Waals surface area contributed by atoms with Crippen LogP contribution in [0.5, 0.6) is 0 Å². The summed E-state index contributed by atoms with van der Waals surface area (Å²) in [5.41, 5.74) is 2.24. The zero-order chi connectivity index (χ0) is 20.1. The molecule has 3 aromatic rings. The quantitative estimate of drug-likeness (QED) is 0.232. The molecule has 30 heavy (non-hydrogen) atoms. The highest BCUT2D eigenvalue weighted by Gasteiger charge is 2.28. The van der Waals surface area contributed by atoms with Crippen LogP contribution >= 0.6 is 24.0 Å². The van der Waals surface area contributed by atoms with Gasteiger partial charge >= 0.3 is 0 Å². The van der Waals surface area contributed by atoms with Gasteiger partial charge in [-0.2, -0.15) is 0 Å². The molecule has 2 unspecified atom stereocenters. The van der Waals surface area contributed by atoms with Crippen LogP contribution in [0.15, 0.2) is 54.3 Å². The zero-order valence-corrected chi connectivity index (χ0v) is 20.1. The molecule has 1 aliphatic heterocycles. The number of aryl methyl sites for hydroxylation is 1. The van der Waals surface area contributed by atoms with E-state index in [-0.39, 0.29) is 24.0 Å². The number of fused-ring (bicyclic) bond motifs is 1. The average Bonchev–Trinajstić information content (AvgIpc) is 3.41. The van der Waals surface area contributed by atoms with E-state index in [1.165, 1.54) is 5.52 Å². The number of likely N-dealkylation sites (tertiary alicyclic amines) is 1. The minimum atomic E-state index is 0. The van der Waals surface area contributed by atoms with Gasteiger partial charge in [0.25, 0.3) is 0 Å². The number of hydrogen-bond donors (Lipinski definition) is 1. The lowest BCUT2D eigenvalue weighted by Crippen LogP contribution is -2.49. The number of imidazole rings is 2. The molecule has 1 N–H and O–H groups in total. The smallest absolute Gasteiger partial charge is 0.193 e. The van der Waals surface area contributed by atoms with Gasteiger partial charge in [0.1, 0.15) is 0 Å². The first-order valence-corrected chi connectivity index (χ1v) is 10.7. The summed E-state index contributed by atoms with van der Waals surface area (Å²) in [4.78, 5) is 16.0. The van der Waals surface area contributed by atoms with Crippen LogP contribution < -0.4 is 5.32 Å². The van der Waals surface area contributed by atoms with Crippen LogP contribution in [0.2, 0.25) is 0 Å². The van der Waals surface area contributed by atoms with Crippen molar-refractivity contribution in [2.75, 3.05) is 26.2 Å². The highest BCUT2D eigenvalue weighted by Crippen LogP contribution is 2.27. The number of guanidine groups is 1. The van der Waals surface area contributed by atoms with Crippen molar-refractivity contribution in [3.63, 3.8) is 0 Å². The standard InChI is InChI=1S/C22H31N7.HI/c1-3-24-22(27-13-9-18(2)21(15-27)29-14-11-23-16-29)25-10-6-12-28-17-26-19-7-4-5-8-20(19)28;/h4-5,7-8,11,14,16-18,21H,3,6,9-10,12-13,15H2,1-2H3,(H,24,25);1H. The molecular weight excluding hydrogens is 489 g/mol. The summed E-state index contributed by atoms with van der Waals surface area (Å²) in [5, 5.41) is 3.49. The monoisotopic (exact) mass is 521 g/mol. The maximum absolute atomic E-state index is 4.93. The van der Waals surface area contributed by atoms with Gasteiger partial charge in [-0.25, -0.2) is 9.97 Å². The third kappa shape index (κ3) is 5.14. The van der Waals surface area contributed by atoms with E-state index in [2.05, 4.69) is 67.6 Å². The molecule has 2 aromatic heterocycles. The van der Waals surface area contributed by atoms with Crippen LogP contribution in [0.1, 0.15) is 32.7 Å². The molecule has 0 aliphatic carbocycles. The van der Waals surface area contributed by atoms with Gasteiger partial charge in [0, 0.05) is 45.1 Å². The van der Waals surface area contributed by atoms with Crippen molar-refractivity contribution < 1.29 is 0 Å². The van der Waals surface area contributed by atoms with Gasteiger partial charge in [0.05, 0.1) is 29.7 Å². The summed E-state index contributed by atoms with van der Waals surface area (Å²) in [6, 6.07) is 8.72. The molecule has 8 heteroatoms. The maximum Gasteiger partial charge on any atom is 0.193 e. The Balaban J connectivity index is 0.00000256. The van der Waals surface area contributed by atoms with Crippen LogP contribution in [0, 0.1) is 5.92 Å². The Hall–Kier alpha value is -2.10. The number of hydrogen-bond acceptors (Lipinski definition) is 3. The minimum Gasteiger partial charge on any atom is -0.357 e. The van der Waals surface area contributed by atoms with Crippen molar-refractivity contribution in [2.24, 2.45) is 10.9 Å². The Bertz CT molecular complexity index is 934. The Morgan fingerprint density at radius 2 is 2.13 bits per heavy atom. The second-order valence-corrected chi connectivity index (χ2v) is 7.81. The van der Waals surface area contributed by atoms with Gasteiger partial charge in [-0.3, -0.25) is 4.99 Å². The summed E-state index contributed by atoms with van der Waals surface area (Å²) < 4.78 is 4.46. The average molecular weight is 521 g/mol. The van der Waals surface area contributed by atoms with E-state index in [4.69, 9.17) is 4.99 Å². The van der Waals surface area contributed by atoms with E-state index < -0.39 is 0 Å². The second kappa shape index (κ2) is 10.8. The first-order chi connectivity index (χ1) is 14.3. The Morgan fingerprint density at radius 1 is 1.27 bits per heavy atom. The van der Waals surface area contributed by atoms with Gasteiger partial charge in [-0.15, -0.1) is 24.0 Å². The summed E-state index contributed by atoms with van der Waals surface area (Å²) in [7, 11) is 0. The number of piperidine rings is 1. The van der Waals surface area contributed by atoms with Gasteiger partial charge in [-0.1, -0.05) is 19.1 Å². The summed E-state index contributed by atoms with van der Waals surface area (Å²) in [6.45, 7) is 9.09. The number of halogens is 1. The molecular formula is C22H32IN7. The van der Waals surface area contributed by atoms with Crippen LogP contribution in [0.25, 0.3) is 11.0 Å². The van der Waals surface area contributed by atoms with Crippen LogP contribution in [-0.2, 0) is 6.54 Å². The molecule has 7 nitrogen and oxygen atoms in total. The SMILES string of the molecule is CCNC(=NCCCn1cnc2ccccc21)N1CCC(C)C(n2ccnc2)C1.I. The predicted octanol–water partition coefficient (Wildman–Crippen LogP) is 3.79. The van der Waals surface area contributed by atoms with E-state index >= 15 is 0 Å². The topological polar surface area (TPSA) is 63.3 Å². The molecule has 0 bridgehead atoms. The molecule has 0 saturated carbocycles. The fourth-order valence-electron chi connectivity index (χ4n) is 4.14. The van der Waals surface area contributed by atoms with Crippen molar-refractivity contribution in [3.05, 3.63) is 49.3 Å². The van der Waals surface area contributed by atoms with Gasteiger partial charge < -0.3 is 19.4 Å². The lowest BCUT2D eigenvalue weighted by molar-refractivity contribution is 0.189.